The third kappa shape index (κ3) is 2.17. The van der Waals surface area contributed by atoms with Gasteiger partial charge in [0, 0.05) is 18.7 Å². The lowest BCUT2D eigenvalue weighted by atomic mass is 9.47. The smallest absolute Gasteiger partial charge is 0.0276 e. The molecule has 2 aliphatic heterocycles. The lowest BCUT2D eigenvalue weighted by Crippen LogP contribution is -2.58. The largest absolute Gasteiger partial charge is 0.297 e. The highest BCUT2D eigenvalue weighted by molar-refractivity contribution is 7.75. The second kappa shape index (κ2) is 5.73. The summed E-state index contributed by atoms with van der Waals surface area (Å²) in [5.41, 5.74) is 2.42. The van der Waals surface area contributed by atoms with Crippen molar-refractivity contribution >= 4 is 18.9 Å². The van der Waals surface area contributed by atoms with Crippen molar-refractivity contribution in [3.8, 4) is 0 Å². The molecule has 0 radical (unpaired) electrons. The summed E-state index contributed by atoms with van der Waals surface area (Å²) in [6.45, 7) is 9.35. The van der Waals surface area contributed by atoms with Crippen molar-refractivity contribution in [2.24, 2.45) is 33.6 Å². The van der Waals surface area contributed by atoms with Crippen molar-refractivity contribution in [2.45, 2.75) is 84.2 Å². The van der Waals surface area contributed by atoms with Gasteiger partial charge in [0.15, 0.2) is 0 Å². The monoisotopic (exact) mass is 361 g/mol. The van der Waals surface area contributed by atoms with Crippen LogP contribution in [0.1, 0.15) is 79.1 Å². The first-order valence-corrected chi connectivity index (χ1v) is 13.2. The molecule has 0 amide bonds. The molecule has 2 heterocycles. The van der Waals surface area contributed by atoms with Crippen molar-refractivity contribution in [3.63, 3.8) is 0 Å². The van der Waals surface area contributed by atoms with Crippen LogP contribution in [0, 0.1) is 28.6 Å². The van der Waals surface area contributed by atoms with Gasteiger partial charge in [-0.3, -0.25) is 4.99 Å². The minimum absolute atomic E-state index is 0.475. The van der Waals surface area contributed by atoms with Gasteiger partial charge in [-0.2, -0.15) is 0 Å². The first-order chi connectivity index (χ1) is 11.7. The van der Waals surface area contributed by atoms with Gasteiger partial charge < -0.3 is 0 Å². The molecule has 2 saturated heterocycles. The average Bonchev–Trinajstić information content (AvgIpc) is 2.86. The number of hydrogen-bond donors (Lipinski definition) is 0. The highest BCUT2D eigenvalue weighted by Gasteiger charge is 2.66. The molecule has 0 aromatic heterocycles. The molecular formula is C23H40NP. The predicted molar refractivity (Wildman–Crippen MR) is 115 cm³/mol. The van der Waals surface area contributed by atoms with Crippen molar-refractivity contribution in [1.82, 2.24) is 0 Å². The van der Waals surface area contributed by atoms with Gasteiger partial charge in [0.25, 0.3) is 0 Å². The van der Waals surface area contributed by atoms with Gasteiger partial charge in [-0.1, -0.05) is 27.2 Å². The van der Waals surface area contributed by atoms with Crippen LogP contribution in [0.3, 0.4) is 0 Å². The van der Waals surface area contributed by atoms with Gasteiger partial charge in [-0.25, -0.2) is 0 Å². The Balaban J connectivity index is 1.73. The number of rotatable bonds is 1. The summed E-state index contributed by atoms with van der Waals surface area (Å²) in [6, 6.07) is 0. The van der Waals surface area contributed by atoms with E-state index in [1.165, 1.54) is 69.4 Å². The number of aliphatic imine (C=N–C) groups is 1. The molecule has 7 atom stereocenters. The second-order valence-corrected chi connectivity index (χ2v) is 14.9. The summed E-state index contributed by atoms with van der Waals surface area (Å²) >= 11 is 0. The van der Waals surface area contributed by atoms with Crippen LogP contribution in [-0.4, -0.2) is 36.5 Å². The predicted octanol–water partition coefficient (Wildman–Crippen LogP) is 6.32. The Labute approximate surface area is 156 Å². The number of nitrogens with zero attached hydrogens (tertiary/aromatic N) is 1. The maximum Gasteiger partial charge on any atom is 0.0276 e. The standard InChI is InChI=1S/C23H40NP/c1-17(24-5)18-9-13-22(3)19-11-16-25(6)15-8-7-12-23(25,4)20(19)10-14-21(18,22)2/h18-20H,6-16H2,1-5H3/t18?,19?,20-,21?,22?,23?,25?/m0/s1. The highest BCUT2D eigenvalue weighted by Crippen LogP contribution is 2.77. The molecule has 6 unspecified atom stereocenters. The van der Waals surface area contributed by atoms with Crippen molar-refractivity contribution in [1.29, 1.82) is 0 Å². The van der Waals surface area contributed by atoms with Gasteiger partial charge in [-0.05, 0) is 92.0 Å². The molecule has 2 aliphatic carbocycles. The van der Waals surface area contributed by atoms with E-state index in [-0.39, 0.29) is 0 Å². The topological polar surface area (TPSA) is 12.4 Å². The molecule has 0 aromatic carbocycles. The van der Waals surface area contributed by atoms with Gasteiger partial charge in [0.1, 0.15) is 0 Å². The summed E-state index contributed by atoms with van der Waals surface area (Å²) in [4.78, 5) is 4.64. The van der Waals surface area contributed by atoms with Crippen LogP contribution >= 0.6 is 6.89 Å². The quantitative estimate of drug-likeness (QED) is 0.383. The lowest BCUT2D eigenvalue weighted by Gasteiger charge is -2.66. The second-order valence-electron chi connectivity index (χ2n) is 10.7. The summed E-state index contributed by atoms with van der Waals surface area (Å²) in [6.07, 6.45) is 19.6. The van der Waals surface area contributed by atoms with Crippen LogP contribution in [0.15, 0.2) is 4.99 Å². The van der Waals surface area contributed by atoms with Gasteiger partial charge in [0.05, 0.1) is 0 Å². The molecule has 4 rings (SSSR count). The number of hydrogen-bond acceptors (Lipinski definition) is 1. The fourth-order valence-corrected chi connectivity index (χ4v) is 12.9. The fraction of sp³-hybridized carbons (Fsp3) is 0.913. The van der Waals surface area contributed by atoms with E-state index in [9.17, 15) is 0 Å². The molecule has 0 spiro atoms. The Bertz CT molecular complexity index is 636. The van der Waals surface area contributed by atoms with E-state index in [2.05, 4.69) is 32.7 Å². The minimum Gasteiger partial charge on any atom is -0.297 e. The lowest BCUT2D eigenvalue weighted by molar-refractivity contribution is -0.0727. The van der Waals surface area contributed by atoms with Crippen molar-refractivity contribution in [3.05, 3.63) is 0 Å². The Hall–Kier alpha value is -0.0300. The molecule has 0 bridgehead atoms. The molecule has 25 heavy (non-hydrogen) atoms. The zero-order valence-electron chi connectivity index (χ0n) is 17.4. The molecule has 1 nitrogen and oxygen atoms in total. The van der Waals surface area contributed by atoms with E-state index < -0.39 is 6.89 Å². The van der Waals surface area contributed by atoms with E-state index in [4.69, 9.17) is 6.30 Å². The van der Waals surface area contributed by atoms with Gasteiger partial charge in [0.2, 0.25) is 0 Å². The maximum atomic E-state index is 4.99. The molecule has 2 saturated carbocycles. The van der Waals surface area contributed by atoms with E-state index in [0.717, 1.165) is 17.8 Å². The minimum atomic E-state index is -0.971. The van der Waals surface area contributed by atoms with Crippen LogP contribution in [-0.2, 0) is 0 Å². The summed E-state index contributed by atoms with van der Waals surface area (Å²) in [5.74, 6) is 2.63. The normalized spacial score (nSPS) is 56.0. The third-order valence-corrected chi connectivity index (χ3v) is 15.4. The molecule has 0 aromatic rings. The maximum absolute atomic E-state index is 4.99. The first-order valence-electron chi connectivity index (χ1n) is 10.9. The van der Waals surface area contributed by atoms with E-state index >= 15 is 0 Å². The van der Waals surface area contributed by atoms with Crippen LogP contribution in [0.25, 0.3) is 0 Å². The van der Waals surface area contributed by atoms with Crippen LogP contribution in [0.4, 0.5) is 0 Å². The van der Waals surface area contributed by atoms with E-state index in [0.29, 0.717) is 16.0 Å². The van der Waals surface area contributed by atoms with E-state index in [1.54, 1.807) is 0 Å². The highest BCUT2D eigenvalue weighted by atomic mass is 31.2. The zero-order valence-corrected chi connectivity index (χ0v) is 18.3. The molecule has 4 aliphatic rings. The average molecular weight is 362 g/mol. The Morgan fingerprint density at radius 3 is 2.36 bits per heavy atom. The van der Waals surface area contributed by atoms with Gasteiger partial charge in [-0.15, -0.1) is 13.2 Å². The molecular weight excluding hydrogens is 321 g/mol. The van der Waals surface area contributed by atoms with Crippen LogP contribution in [0.2, 0.25) is 0 Å². The third-order valence-electron chi connectivity index (χ3n) is 10.4. The molecule has 4 fully saturated rings. The fourth-order valence-electron chi connectivity index (χ4n) is 8.39. The Morgan fingerprint density at radius 1 is 0.920 bits per heavy atom. The van der Waals surface area contributed by atoms with E-state index in [1.807, 2.05) is 7.05 Å². The Morgan fingerprint density at radius 2 is 1.64 bits per heavy atom. The van der Waals surface area contributed by atoms with Crippen molar-refractivity contribution in [2.75, 3.05) is 19.4 Å². The number of fused-ring (bicyclic) bond motifs is 5. The molecule has 142 valence electrons. The molecule has 0 N–H and O–H groups in total. The van der Waals surface area contributed by atoms with Gasteiger partial charge >= 0.3 is 0 Å². The van der Waals surface area contributed by atoms with Crippen molar-refractivity contribution < 1.29 is 0 Å². The first kappa shape index (κ1) is 18.3. The summed E-state index contributed by atoms with van der Waals surface area (Å²) in [5, 5.41) is 0.602. The van der Waals surface area contributed by atoms with Crippen LogP contribution in [0.5, 0.6) is 0 Å². The SMILES string of the molecule is C=P12CCCCC1(C)[C@H]1CCC3(C)C(C(C)=NC)CCC3(C)C1CC2. The zero-order chi connectivity index (χ0) is 18.1. The molecule has 2 heteroatoms. The summed E-state index contributed by atoms with van der Waals surface area (Å²) in [7, 11) is 2.01. The van der Waals surface area contributed by atoms with Crippen LogP contribution < -0.4 is 0 Å². The Kier molecular flexibility index (Phi) is 4.21. The summed E-state index contributed by atoms with van der Waals surface area (Å²) < 4.78 is 0.